The highest BCUT2D eigenvalue weighted by Gasteiger charge is 2.23. The first-order chi connectivity index (χ1) is 11.4. The zero-order valence-corrected chi connectivity index (χ0v) is 13.7. The van der Waals surface area contributed by atoms with E-state index in [1.54, 1.807) is 0 Å². The number of fused-ring (bicyclic) bond motifs is 1. The lowest BCUT2D eigenvalue weighted by Gasteiger charge is -2.35. The molecule has 2 fully saturated rings. The zero-order valence-electron chi connectivity index (χ0n) is 13.7. The SMILES string of the molecule is c1cnc2c(CN3CCN(CC4CCCO4)CC3)cccc2c1. The minimum absolute atomic E-state index is 0.476. The fourth-order valence-corrected chi connectivity index (χ4v) is 3.74. The molecule has 0 bridgehead atoms. The third-order valence-electron chi connectivity index (χ3n) is 5.06. The molecular formula is C19H25N3O. The van der Waals surface area contributed by atoms with E-state index < -0.39 is 0 Å². The van der Waals surface area contributed by atoms with E-state index in [1.165, 1.54) is 23.8 Å². The van der Waals surface area contributed by atoms with E-state index in [1.807, 2.05) is 12.3 Å². The maximum absolute atomic E-state index is 5.76. The lowest BCUT2D eigenvalue weighted by molar-refractivity contribution is 0.0490. The largest absolute Gasteiger partial charge is 0.377 e. The quantitative estimate of drug-likeness (QED) is 0.867. The van der Waals surface area contributed by atoms with Gasteiger partial charge in [0.05, 0.1) is 11.6 Å². The number of rotatable bonds is 4. The summed E-state index contributed by atoms with van der Waals surface area (Å²) in [6.07, 6.45) is 4.84. The van der Waals surface area contributed by atoms with Crippen LogP contribution in [0.15, 0.2) is 36.5 Å². The Morgan fingerprint density at radius 2 is 1.87 bits per heavy atom. The van der Waals surface area contributed by atoms with Gasteiger partial charge in [-0.3, -0.25) is 14.8 Å². The highest BCUT2D eigenvalue weighted by Crippen LogP contribution is 2.19. The summed E-state index contributed by atoms with van der Waals surface area (Å²) < 4.78 is 5.76. The number of aromatic nitrogens is 1. The third-order valence-corrected chi connectivity index (χ3v) is 5.06. The topological polar surface area (TPSA) is 28.6 Å². The first-order valence-corrected chi connectivity index (χ1v) is 8.77. The molecule has 23 heavy (non-hydrogen) atoms. The number of pyridine rings is 1. The van der Waals surface area contributed by atoms with Gasteiger partial charge in [0.2, 0.25) is 0 Å². The van der Waals surface area contributed by atoms with Gasteiger partial charge in [-0.1, -0.05) is 24.3 Å². The predicted octanol–water partition coefficient (Wildman–Crippen LogP) is 2.53. The van der Waals surface area contributed by atoms with E-state index in [9.17, 15) is 0 Å². The van der Waals surface area contributed by atoms with Gasteiger partial charge in [0.25, 0.3) is 0 Å². The zero-order chi connectivity index (χ0) is 15.5. The normalized spacial score (nSPS) is 23.6. The van der Waals surface area contributed by atoms with Crippen molar-refractivity contribution in [2.45, 2.75) is 25.5 Å². The van der Waals surface area contributed by atoms with Crippen molar-refractivity contribution in [1.82, 2.24) is 14.8 Å². The van der Waals surface area contributed by atoms with Crippen molar-refractivity contribution in [2.24, 2.45) is 0 Å². The molecule has 2 saturated heterocycles. The fourth-order valence-electron chi connectivity index (χ4n) is 3.74. The molecule has 1 unspecified atom stereocenters. The number of nitrogens with zero attached hydrogens (tertiary/aromatic N) is 3. The molecule has 1 aromatic carbocycles. The number of hydrogen-bond donors (Lipinski definition) is 0. The molecule has 122 valence electrons. The number of hydrogen-bond acceptors (Lipinski definition) is 4. The summed E-state index contributed by atoms with van der Waals surface area (Å²) in [7, 11) is 0. The van der Waals surface area contributed by atoms with Crippen LogP contribution in [-0.4, -0.2) is 60.2 Å². The van der Waals surface area contributed by atoms with Crippen LogP contribution in [0.5, 0.6) is 0 Å². The van der Waals surface area contributed by atoms with E-state index in [4.69, 9.17) is 4.74 Å². The van der Waals surface area contributed by atoms with Crippen molar-refractivity contribution < 1.29 is 4.74 Å². The average Bonchev–Trinajstić information content (AvgIpc) is 3.10. The monoisotopic (exact) mass is 311 g/mol. The Morgan fingerprint density at radius 1 is 1.04 bits per heavy atom. The summed E-state index contributed by atoms with van der Waals surface area (Å²) in [5.74, 6) is 0. The molecule has 4 rings (SSSR count). The summed E-state index contributed by atoms with van der Waals surface area (Å²) in [5.41, 5.74) is 2.49. The molecular weight excluding hydrogens is 286 g/mol. The molecule has 2 aromatic rings. The first kappa shape index (κ1) is 15.1. The molecule has 2 aliphatic heterocycles. The van der Waals surface area contributed by atoms with Crippen molar-refractivity contribution >= 4 is 10.9 Å². The molecule has 0 spiro atoms. The minimum atomic E-state index is 0.476. The molecule has 0 amide bonds. The van der Waals surface area contributed by atoms with Crippen LogP contribution in [0, 0.1) is 0 Å². The van der Waals surface area contributed by atoms with Gasteiger partial charge in [0, 0.05) is 57.5 Å². The lowest BCUT2D eigenvalue weighted by atomic mass is 10.1. The van der Waals surface area contributed by atoms with E-state index in [2.05, 4.69) is 39.0 Å². The van der Waals surface area contributed by atoms with Crippen LogP contribution in [0.1, 0.15) is 18.4 Å². The van der Waals surface area contributed by atoms with Crippen LogP contribution in [0.25, 0.3) is 10.9 Å². The van der Waals surface area contributed by atoms with Crippen molar-refractivity contribution in [3.8, 4) is 0 Å². The molecule has 0 N–H and O–H groups in total. The van der Waals surface area contributed by atoms with Crippen LogP contribution in [0.2, 0.25) is 0 Å². The number of benzene rings is 1. The summed E-state index contributed by atoms with van der Waals surface area (Å²) in [4.78, 5) is 9.69. The molecule has 2 aliphatic rings. The molecule has 4 heteroatoms. The Kier molecular flexibility index (Phi) is 4.55. The molecule has 1 atom stereocenters. The van der Waals surface area contributed by atoms with Crippen LogP contribution >= 0.6 is 0 Å². The van der Waals surface area contributed by atoms with Gasteiger partial charge in [-0.2, -0.15) is 0 Å². The second kappa shape index (κ2) is 6.95. The van der Waals surface area contributed by atoms with E-state index in [0.29, 0.717) is 6.10 Å². The van der Waals surface area contributed by atoms with Gasteiger partial charge < -0.3 is 4.74 Å². The molecule has 3 heterocycles. The van der Waals surface area contributed by atoms with E-state index in [0.717, 1.165) is 51.4 Å². The Labute approximate surface area is 138 Å². The van der Waals surface area contributed by atoms with E-state index >= 15 is 0 Å². The van der Waals surface area contributed by atoms with Crippen LogP contribution < -0.4 is 0 Å². The van der Waals surface area contributed by atoms with Crippen molar-refractivity contribution in [2.75, 3.05) is 39.3 Å². The van der Waals surface area contributed by atoms with Gasteiger partial charge in [-0.25, -0.2) is 0 Å². The standard InChI is InChI=1S/C19H25N3O/c1-4-16-6-2-8-20-19(16)17(5-1)14-21-9-11-22(12-10-21)15-18-7-3-13-23-18/h1-2,4-6,8,18H,3,7,9-15H2. The van der Waals surface area contributed by atoms with Gasteiger partial charge in [-0.15, -0.1) is 0 Å². The highest BCUT2D eigenvalue weighted by atomic mass is 16.5. The second-order valence-corrected chi connectivity index (χ2v) is 6.70. The lowest BCUT2D eigenvalue weighted by Crippen LogP contribution is -2.48. The van der Waals surface area contributed by atoms with Crippen LogP contribution in [0.4, 0.5) is 0 Å². The van der Waals surface area contributed by atoms with E-state index in [-0.39, 0.29) is 0 Å². The molecule has 4 nitrogen and oxygen atoms in total. The van der Waals surface area contributed by atoms with Gasteiger partial charge in [-0.05, 0) is 24.5 Å². The van der Waals surface area contributed by atoms with Crippen molar-refractivity contribution in [3.05, 3.63) is 42.1 Å². The predicted molar refractivity (Wildman–Crippen MR) is 92.4 cm³/mol. The summed E-state index contributed by atoms with van der Waals surface area (Å²) in [6.45, 7) is 7.65. The average molecular weight is 311 g/mol. The highest BCUT2D eigenvalue weighted by molar-refractivity contribution is 5.81. The molecule has 0 aliphatic carbocycles. The fraction of sp³-hybridized carbons (Fsp3) is 0.526. The van der Waals surface area contributed by atoms with Crippen molar-refractivity contribution in [3.63, 3.8) is 0 Å². The molecule has 0 radical (unpaired) electrons. The Morgan fingerprint density at radius 3 is 2.70 bits per heavy atom. The van der Waals surface area contributed by atoms with Crippen molar-refractivity contribution in [1.29, 1.82) is 0 Å². The Hall–Kier alpha value is -1.49. The van der Waals surface area contributed by atoms with Gasteiger partial charge >= 0.3 is 0 Å². The van der Waals surface area contributed by atoms with Crippen LogP contribution in [-0.2, 0) is 11.3 Å². The maximum atomic E-state index is 5.76. The summed E-state index contributed by atoms with van der Waals surface area (Å²) in [5, 5.41) is 1.24. The summed E-state index contributed by atoms with van der Waals surface area (Å²) >= 11 is 0. The maximum Gasteiger partial charge on any atom is 0.0746 e. The molecule has 1 aromatic heterocycles. The Bertz CT molecular complexity index is 641. The van der Waals surface area contributed by atoms with Crippen LogP contribution in [0.3, 0.4) is 0 Å². The minimum Gasteiger partial charge on any atom is -0.377 e. The third kappa shape index (κ3) is 3.55. The first-order valence-electron chi connectivity index (χ1n) is 8.77. The number of piperazine rings is 1. The van der Waals surface area contributed by atoms with Gasteiger partial charge in [0.1, 0.15) is 0 Å². The Balaban J connectivity index is 1.35. The summed E-state index contributed by atoms with van der Waals surface area (Å²) in [6, 6.07) is 10.7. The number of para-hydroxylation sites is 1. The smallest absolute Gasteiger partial charge is 0.0746 e. The van der Waals surface area contributed by atoms with Gasteiger partial charge in [0.15, 0.2) is 0 Å². The number of ether oxygens (including phenoxy) is 1. The second-order valence-electron chi connectivity index (χ2n) is 6.70. The molecule has 0 saturated carbocycles.